The first kappa shape index (κ1) is 13.1. The van der Waals surface area contributed by atoms with Crippen LogP contribution in [0.4, 0.5) is 0 Å². The van der Waals surface area contributed by atoms with Crippen LogP contribution in [0.5, 0.6) is 0 Å². The van der Waals surface area contributed by atoms with Gasteiger partial charge in [-0.2, -0.15) is 5.48 Å². The van der Waals surface area contributed by atoms with Crippen LogP contribution in [-0.2, 0) is 9.63 Å². The third-order valence-corrected chi connectivity index (χ3v) is 1.62. The number of unbranched alkanes of at least 4 members (excludes halogenated alkanes) is 1. The molecule has 2 N–H and O–H groups in total. The summed E-state index contributed by atoms with van der Waals surface area (Å²) in [7, 11) is 0. The molecule has 14 heavy (non-hydrogen) atoms. The van der Waals surface area contributed by atoms with Gasteiger partial charge in [-0.3, -0.25) is 0 Å². The molecule has 0 aliphatic rings. The second-order valence-electron chi connectivity index (χ2n) is 3.17. The van der Waals surface area contributed by atoms with Crippen molar-refractivity contribution in [3.63, 3.8) is 0 Å². The Kier molecular flexibility index (Phi) is 8.17. The zero-order valence-corrected chi connectivity index (χ0v) is 9.06. The number of hydrogen-bond donors (Lipinski definition) is 2. The number of hydroxylamine groups is 1. The van der Waals surface area contributed by atoms with E-state index < -0.39 is 5.97 Å². The molecule has 0 aliphatic heterocycles. The molecule has 0 heterocycles. The van der Waals surface area contributed by atoms with Gasteiger partial charge in [-0.25, -0.2) is 4.79 Å². The van der Waals surface area contributed by atoms with Crippen molar-refractivity contribution in [3.8, 4) is 0 Å². The SMILES string of the molecule is C=C(C)C(=O)ONCCNCCCC. The summed E-state index contributed by atoms with van der Waals surface area (Å²) in [6, 6.07) is 0. The third-order valence-electron chi connectivity index (χ3n) is 1.62. The Hall–Kier alpha value is -0.870. The lowest BCUT2D eigenvalue weighted by molar-refractivity contribution is -0.146. The number of nitrogens with one attached hydrogen (secondary N) is 2. The minimum absolute atomic E-state index is 0.399. The number of carbonyl (C=O) groups is 1. The highest BCUT2D eigenvalue weighted by atomic mass is 16.7. The fraction of sp³-hybridized carbons (Fsp3) is 0.700. The van der Waals surface area contributed by atoms with Gasteiger partial charge in [0, 0.05) is 18.7 Å². The van der Waals surface area contributed by atoms with Gasteiger partial charge in [0.1, 0.15) is 0 Å². The quantitative estimate of drug-likeness (QED) is 0.349. The Morgan fingerprint density at radius 1 is 1.36 bits per heavy atom. The predicted octanol–water partition coefficient (Wildman–Crippen LogP) is 1.000. The van der Waals surface area contributed by atoms with E-state index in [0.29, 0.717) is 12.1 Å². The molecule has 4 heteroatoms. The molecule has 0 bridgehead atoms. The first-order chi connectivity index (χ1) is 6.68. The van der Waals surface area contributed by atoms with Crippen LogP contribution in [-0.4, -0.2) is 25.6 Å². The standard InChI is InChI=1S/C10H20N2O2/c1-4-5-6-11-7-8-12-14-10(13)9(2)3/h11-12H,2,4-8H2,1,3H3. The normalized spacial score (nSPS) is 9.86. The minimum Gasteiger partial charge on any atom is -0.367 e. The Morgan fingerprint density at radius 3 is 2.64 bits per heavy atom. The highest BCUT2D eigenvalue weighted by Gasteiger charge is 2.01. The molecule has 0 rings (SSSR count). The number of rotatable bonds is 8. The molecule has 0 aromatic rings. The first-order valence-corrected chi connectivity index (χ1v) is 4.98. The molecule has 0 amide bonds. The van der Waals surface area contributed by atoms with Crippen molar-refractivity contribution in [3.05, 3.63) is 12.2 Å². The van der Waals surface area contributed by atoms with Gasteiger partial charge in [0.05, 0.1) is 0 Å². The van der Waals surface area contributed by atoms with Gasteiger partial charge in [-0.05, 0) is 19.9 Å². The van der Waals surface area contributed by atoms with Crippen LogP contribution in [0.1, 0.15) is 26.7 Å². The van der Waals surface area contributed by atoms with E-state index in [1.165, 1.54) is 12.8 Å². The Balaban J connectivity index is 3.13. The first-order valence-electron chi connectivity index (χ1n) is 4.98. The van der Waals surface area contributed by atoms with Gasteiger partial charge >= 0.3 is 5.97 Å². The molecule has 0 radical (unpaired) electrons. The molecule has 82 valence electrons. The molecule has 0 aliphatic carbocycles. The zero-order valence-electron chi connectivity index (χ0n) is 9.06. The van der Waals surface area contributed by atoms with Crippen molar-refractivity contribution < 1.29 is 9.63 Å². The van der Waals surface area contributed by atoms with E-state index in [-0.39, 0.29) is 0 Å². The summed E-state index contributed by atoms with van der Waals surface area (Å²) >= 11 is 0. The fourth-order valence-electron chi connectivity index (χ4n) is 0.770. The van der Waals surface area contributed by atoms with Crippen LogP contribution in [0.3, 0.4) is 0 Å². The second-order valence-corrected chi connectivity index (χ2v) is 3.17. The van der Waals surface area contributed by atoms with Crippen molar-refractivity contribution in [2.24, 2.45) is 0 Å². The maximum atomic E-state index is 10.9. The molecule has 0 unspecified atom stereocenters. The Labute approximate surface area is 85.7 Å². The van der Waals surface area contributed by atoms with Crippen LogP contribution in [0.2, 0.25) is 0 Å². The van der Waals surface area contributed by atoms with Crippen molar-refractivity contribution in [2.45, 2.75) is 26.7 Å². The lowest BCUT2D eigenvalue weighted by Gasteiger charge is -2.06. The minimum atomic E-state index is -0.404. The third kappa shape index (κ3) is 7.76. The molecular formula is C10H20N2O2. The van der Waals surface area contributed by atoms with E-state index >= 15 is 0 Å². The molecule has 0 aromatic carbocycles. The topological polar surface area (TPSA) is 50.4 Å². The Bertz CT molecular complexity index is 181. The maximum Gasteiger partial charge on any atom is 0.351 e. The van der Waals surface area contributed by atoms with Crippen molar-refractivity contribution in [2.75, 3.05) is 19.6 Å². The lowest BCUT2D eigenvalue weighted by atomic mass is 10.3. The predicted molar refractivity (Wildman–Crippen MR) is 56.7 cm³/mol. The van der Waals surface area contributed by atoms with E-state index in [1.807, 2.05) is 0 Å². The molecule has 0 saturated heterocycles. The lowest BCUT2D eigenvalue weighted by Crippen LogP contribution is -2.29. The Morgan fingerprint density at radius 2 is 2.07 bits per heavy atom. The number of carbonyl (C=O) groups excluding carboxylic acids is 1. The highest BCUT2D eigenvalue weighted by molar-refractivity contribution is 5.86. The summed E-state index contributed by atoms with van der Waals surface area (Å²) in [5, 5.41) is 3.21. The molecule has 0 fully saturated rings. The van der Waals surface area contributed by atoms with Gasteiger partial charge < -0.3 is 10.2 Å². The maximum absolute atomic E-state index is 10.9. The van der Waals surface area contributed by atoms with Crippen LogP contribution in [0, 0.1) is 0 Å². The van der Waals surface area contributed by atoms with E-state index in [4.69, 9.17) is 0 Å². The van der Waals surface area contributed by atoms with Crippen molar-refractivity contribution >= 4 is 5.97 Å². The monoisotopic (exact) mass is 200 g/mol. The van der Waals surface area contributed by atoms with Gasteiger partial charge in [0.25, 0.3) is 0 Å². The van der Waals surface area contributed by atoms with E-state index in [9.17, 15) is 4.79 Å². The fourth-order valence-corrected chi connectivity index (χ4v) is 0.770. The van der Waals surface area contributed by atoms with Crippen LogP contribution in [0.25, 0.3) is 0 Å². The molecule has 0 aromatic heterocycles. The molecule has 4 nitrogen and oxygen atoms in total. The van der Waals surface area contributed by atoms with Gasteiger partial charge in [-0.1, -0.05) is 19.9 Å². The second kappa shape index (κ2) is 8.72. The highest BCUT2D eigenvalue weighted by Crippen LogP contribution is 1.88. The van der Waals surface area contributed by atoms with Crippen LogP contribution < -0.4 is 10.8 Å². The zero-order chi connectivity index (χ0) is 10.8. The summed E-state index contributed by atoms with van der Waals surface area (Å²) in [6.45, 7) is 9.64. The average Bonchev–Trinajstić information content (AvgIpc) is 2.16. The van der Waals surface area contributed by atoms with Gasteiger partial charge in [0.15, 0.2) is 0 Å². The molecule has 0 atom stereocenters. The van der Waals surface area contributed by atoms with Crippen LogP contribution >= 0.6 is 0 Å². The van der Waals surface area contributed by atoms with Gasteiger partial charge in [0.2, 0.25) is 0 Å². The summed E-state index contributed by atoms with van der Waals surface area (Å²) in [4.78, 5) is 15.6. The molecule has 0 spiro atoms. The largest absolute Gasteiger partial charge is 0.367 e. The summed E-state index contributed by atoms with van der Waals surface area (Å²) in [5.41, 5.74) is 2.97. The van der Waals surface area contributed by atoms with E-state index in [2.05, 4.69) is 29.1 Å². The smallest absolute Gasteiger partial charge is 0.351 e. The van der Waals surface area contributed by atoms with Gasteiger partial charge in [-0.15, -0.1) is 0 Å². The van der Waals surface area contributed by atoms with E-state index in [0.717, 1.165) is 13.1 Å². The van der Waals surface area contributed by atoms with E-state index in [1.54, 1.807) is 6.92 Å². The van der Waals surface area contributed by atoms with Crippen molar-refractivity contribution in [1.29, 1.82) is 0 Å². The molecular weight excluding hydrogens is 180 g/mol. The number of hydrogen-bond acceptors (Lipinski definition) is 4. The molecule has 0 saturated carbocycles. The van der Waals surface area contributed by atoms with Crippen LogP contribution in [0.15, 0.2) is 12.2 Å². The summed E-state index contributed by atoms with van der Waals surface area (Å²) in [5.74, 6) is -0.404. The summed E-state index contributed by atoms with van der Waals surface area (Å²) in [6.07, 6.45) is 2.36. The summed E-state index contributed by atoms with van der Waals surface area (Å²) < 4.78 is 0. The average molecular weight is 200 g/mol. The van der Waals surface area contributed by atoms with Crippen molar-refractivity contribution in [1.82, 2.24) is 10.8 Å².